The topological polar surface area (TPSA) is 99.5 Å². The number of pyridine rings is 1. The van der Waals surface area contributed by atoms with Gasteiger partial charge in [0.2, 0.25) is 10.0 Å². The number of furan rings is 1. The molecule has 0 aliphatic carbocycles. The first-order valence-electron chi connectivity index (χ1n) is 10.5. The Bertz CT molecular complexity index is 1460. The van der Waals surface area contributed by atoms with Crippen LogP contribution < -0.4 is 0 Å². The molecule has 9 heteroatoms. The number of carbonyl (C=O) groups excluding carboxylic acids is 1. The van der Waals surface area contributed by atoms with Gasteiger partial charge in [0, 0.05) is 54.9 Å². The molecule has 1 amide bonds. The highest BCUT2D eigenvalue weighted by atomic mass is 32.2. The Morgan fingerprint density at radius 1 is 1.06 bits per heavy atom. The summed E-state index contributed by atoms with van der Waals surface area (Å²) >= 11 is 0. The maximum absolute atomic E-state index is 13.2. The normalized spacial score (nSPS) is 15.7. The van der Waals surface area contributed by atoms with Crippen LogP contribution in [0, 0.1) is 20.8 Å². The summed E-state index contributed by atoms with van der Waals surface area (Å²) in [5.41, 5.74) is 4.14. The number of nitrogens with zero attached hydrogens (tertiary/aromatic N) is 3. The minimum Gasteiger partial charge on any atom is -0.450 e. The first-order valence-corrected chi connectivity index (χ1v) is 11.9. The van der Waals surface area contributed by atoms with Gasteiger partial charge >= 0.3 is 0 Å². The predicted octanol–water partition coefficient (Wildman–Crippen LogP) is 3.38. The van der Waals surface area contributed by atoms with Crippen LogP contribution in [0.4, 0.5) is 0 Å². The molecule has 0 atom stereocenters. The van der Waals surface area contributed by atoms with E-state index in [9.17, 15) is 13.2 Å². The van der Waals surface area contributed by atoms with Crippen LogP contribution in [0.3, 0.4) is 0 Å². The summed E-state index contributed by atoms with van der Waals surface area (Å²) in [6.45, 7) is 6.90. The molecule has 1 aliphatic heterocycles. The number of nitrogens with one attached hydrogen (secondary N) is 1. The molecule has 1 saturated heterocycles. The SMILES string of the molecule is Cc1ccc(C)c2c(C)c(C(=O)N3CCN(S(=O)(=O)c4c[nH]c5ncccc45)CC3)oc12. The fourth-order valence-electron chi connectivity index (χ4n) is 4.44. The molecule has 8 nitrogen and oxygen atoms in total. The van der Waals surface area contributed by atoms with Gasteiger partial charge in [-0.05, 0) is 44.0 Å². The van der Waals surface area contributed by atoms with Crippen LogP contribution in [0.2, 0.25) is 0 Å². The lowest BCUT2D eigenvalue weighted by Gasteiger charge is -2.33. The highest BCUT2D eigenvalue weighted by Gasteiger charge is 2.33. The first-order chi connectivity index (χ1) is 15.3. The molecule has 5 rings (SSSR count). The van der Waals surface area contributed by atoms with Gasteiger partial charge in [0.25, 0.3) is 5.91 Å². The molecule has 4 heterocycles. The Balaban J connectivity index is 1.37. The predicted molar refractivity (Wildman–Crippen MR) is 121 cm³/mol. The summed E-state index contributed by atoms with van der Waals surface area (Å²) in [6.07, 6.45) is 3.09. The number of hydrogen-bond acceptors (Lipinski definition) is 5. The van der Waals surface area contributed by atoms with Gasteiger partial charge < -0.3 is 14.3 Å². The fraction of sp³-hybridized carbons (Fsp3) is 0.304. The van der Waals surface area contributed by atoms with E-state index in [1.807, 2.05) is 32.9 Å². The van der Waals surface area contributed by atoms with Gasteiger partial charge in [0.15, 0.2) is 5.76 Å². The highest BCUT2D eigenvalue weighted by Crippen LogP contribution is 2.32. The first kappa shape index (κ1) is 20.7. The van der Waals surface area contributed by atoms with Crippen molar-refractivity contribution in [2.75, 3.05) is 26.2 Å². The van der Waals surface area contributed by atoms with E-state index in [1.54, 1.807) is 23.2 Å². The second-order valence-electron chi connectivity index (χ2n) is 8.21. The molecule has 166 valence electrons. The number of amides is 1. The van der Waals surface area contributed by atoms with Crippen molar-refractivity contribution in [3.05, 3.63) is 59.1 Å². The number of fused-ring (bicyclic) bond motifs is 2. The Morgan fingerprint density at radius 3 is 2.50 bits per heavy atom. The third-order valence-corrected chi connectivity index (χ3v) is 8.17. The van der Waals surface area contributed by atoms with Crippen molar-refractivity contribution in [1.29, 1.82) is 0 Å². The van der Waals surface area contributed by atoms with Gasteiger partial charge in [0.05, 0.1) is 0 Å². The lowest BCUT2D eigenvalue weighted by Crippen LogP contribution is -2.50. The van der Waals surface area contributed by atoms with Gasteiger partial charge in [-0.25, -0.2) is 13.4 Å². The number of rotatable bonds is 3. The average molecular weight is 453 g/mol. The van der Waals surface area contributed by atoms with E-state index in [2.05, 4.69) is 9.97 Å². The third kappa shape index (κ3) is 3.11. The van der Waals surface area contributed by atoms with Gasteiger partial charge in [0.1, 0.15) is 16.1 Å². The molecule has 4 aromatic rings. The smallest absolute Gasteiger partial charge is 0.289 e. The van der Waals surface area contributed by atoms with E-state index in [4.69, 9.17) is 4.42 Å². The quantitative estimate of drug-likeness (QED) is 0.514. The minimum absolute atomic E-state index is 0.203. The minimum atomic E-state index is -3.70. The number of benzene rings is 1. The lowest BCUT2D eigenvalue weighted by atomic mass is 10.0. The fourth-order valence-corrected chi connectivity index (χ4v) is 6.01. The maximum atomic E-state index is 13.2. The average Bonchev–Trinajstić information content (AvgIpc) is 3.38. The van der Waals surface area contributed by atoms with Crippen molar-refractivity contribution < 1.29 is 17.6 Å². The summed E-state index contributed by atoms with van der Waals surface area (Å²) in [4.78, 5) is 22.2. The number of aryl methyl sites for hydroxylation is 3. The van der Waals surface area contributed by atoms with E-state index in [0.29, 0.717) is 29.9 Å². The van der Waals surface area contributed by atoms with Gasteiger partial charge in [-0.1, -0.05) is 12.1 Å². The van der Waals surface area contributed by atoms with Crippen molar-refractivity contribution in [2.45, 2.75) is 25.7 Å². The molecular formula is C23H24N4O4S. The Kier molecular flexibility index (Phi) is 4.83. The van der Waals surface area contributed by atoms with Crippen molar-refractivity contribution in [1.82, 2.24) is 19.2 Å². The molecule has 0 unspecified atom stereocenters. The number of hydrogen-bond donors (Lipinski definition) is 1. The van der Waals surface area contributed by atoms with Crippen molar-refractivity contribution in [3.8, 4) is 0 Å². The third-order valence-electron chi connectivity index (χ3n) is 6.23. The summed E-state index contributed by atoms with van der Waals surface area (Å²) in [7, 11) is -3.70. The molecule has 0 saturated carbocycles. The molecule has 1 aliphatic rings. The summed E-state index contributed by atoms with van der Waals surface area (Å²) in [5.74, 6) is 0.127. The Hall–Kier alpha value is -3.17. The summed E-state index contributed by atoms with van der Waals surface area (Å²) in [6, 6.07) is 7.46. The van der Waals surface area contributed by atoms with E-state index in [-0.39, 0.29) is 23.9 Å². The van der Waals surface area contributed by atoms with Crippen molar-refractivity contribution in [2.24, 2.45) is 0 Å². The summed E-state index contributed by atoms with van der Waals surface area (Å²) in [5, 5.41) is 1.54. The molecule has 0 spiro atoms. The van der Waals surface area contributed by atoms with E-state index in [1.165, 1.54) is 10.5 Å². The molecule has 0 radical (unpaired) electrons. The zero-order valence-electron chi connectivity index (χ0n) is 18.2. The van der Waals surface area contributed by atoms with Crippen LogP contribution in [-0.2, 0) is 10.0 Å². The van der Waals surface area contributed by atoms with Gasteiger partial charge in [-0.15, -0.1) is 0 Å². The number of H-pyrrole nitrogens is 1. The molecule has 0 bridgehead atoms. The van der Waals surface area contributed by atoms with Gasteiger partial charge in [-0.2, -0.15) is 4.31 Å². The van der Waals surface area contributed by atoms with Crippen LogP contribution >= 0.6 is 0 Å². The second kappa shape index (κ2) is 7.46. The summed E-state index contributed by atoms with van der Waals surface area (Å²) < 4.78 is 33.8. The molecule has 1 N–H and O–H groups in total. The van der Waals surface area contributed by atoms with Crippen LogP contribution in [0.1, 0.15) is 27.2 Å². The standard InChI is InChI=1S/C23H24N4O4S/c1-14-6-7-15(2)20-19(14)16(3)21(31-20)23(28)26-9-11-27(12-10-26)32(29,30)18-13-25-22-17(18)5-4-8-24-22/h4-8,13H,9-12H2,1-3H3,(H,24,25). The number of carbonyl (C=O) groups is 1. The van der Waals surface area contributed by atoms with Crippen LogP contribution in [0.15, 0.2) is 46.0 Å². The number of sulfonamides is 1. The van der Waals surface area contributed by atoms with Crippen molar-refractivity contribution >= 4 is 37.9 Å². The van der Waals surface area contributed by atoms with Crippen LogP contribution in [0.25, 0.3) is 22.0 Å². The largest absolute Gasteiger partial charge is 0.450 e. The lowest BCUT2D eigenvalue weighted by molar-refractivity contribution is 0.0667. The maximum Gasteiger partial charge on any atom is 0.289 e. The zero-order valence-corrected chi connectivity index (χ0v) is 19.0. The monoisotopic (exact) mass is 452 g/mol. The van der Waals surface area contributed by atoms with Crippen molar-refractivity contribution in [3.63, 3.8) is 0 Å². The van der Waals surface area contributed by atoms with Gasteiger partial charge in [-0.3, -0.25) is 4.79 Å². The van der Waals surface area contributed by atoms with Crippen LogP contribution in [-0.4, -0.2) is 59.7 Å². The molecule has 3 aromatic heterocycles. The Morgan fingerprint density at radius 2 is 1.78 bits per heavy atom. The second-order valence-corrected chi connectivity index (χ2v) is 10.1. The zero-order chi connectivity index (χ0) is 22.6. The van der Waals surface area contributed by atoms with E-state index >= 15 is 0 Å². The molecule has 32 heavy (non-hydrogen) atoms. The highest BCUT2D eigenvalue weighted by molar-refractivity contribution is 7.89. The molecule has 1 fully saturated rings. The van der Waals surface area contributed by atoms with Crippen LogP contribution in [0.5, 0.6) is 0 Å². The van der Waals surface area contributed by atoms with E-state index < -0.39 is 10.0 Å². The Labute approximate surface area is 185 Å². The molecular weight excluding hydrogens is 428 g/mol. The number of aromatic nitrogens is 2. The number of piperazine rings is 1. The van der Waals surface area contributed by atoms with E-state index in [0.717, 1.165) is 27.7 Å². The molecule has 1 aromatic carbocycles. The number of aromatic amines is 1.